The summed E-state index contributed by atoms with van der Waals surface area (Å²) in [7, 11) is 0. The predicted molar refractivity (Wildman–Crippen MR) is 72.7 cm³/mol. The van der Waals surface area contributed by atoms with Crippen molar-refractivity contribution in [3.8, 4) is 0 Å². The van der Waals surface area contributed by atoms with Crippen molar-refractivity contribution in [1.82, 2.24) is 5.32 Å². The predicted octanol–water partition coefficient (Wildman–Crippen LogP) is 3.92. The van der Waals surface area contributed by atoms with Crippen molar-refractivity contribution in [2.24, 2.45) is 0 Å². The summed E-state index contributed by atoms with van der Waals surface area (Å²) in [6, 6.07) is 6.97. The first-order valence-electron chi connectivity index (χ1n) is 6.25. The molecule has 1 heteroatoms. The smallest absolute Gasteiger partial charge is 0.0701 e. The largest absolute Gasteiger partial charge is 0.381 e. The van der Waals surface area contributed by atoms with Gasteiger partial charge in [0.2, 0.25) is 0 Å². The lowest BCUT2D eigenvalue weighted by molar-refractivity contribution is 0.727. The zero-order valence-corrected chi connectivity index (χ0v) is 10.1. The lowest BCUT2D eigenvalue weighted by Gasteiger charge is -2.24. The van der Waals surface area contributed by atoms with Crippen LogP contribution in [-0.4, -0.2) is 0 Å². The molecule has 1 N–H and O–H groups in total. The molecule has 0 saturated heterocycles. The number of hydrogen-bond acceptors (Lipinski definition) is 1. The van der Waals surface area contributed by atoms with E-state index >= 15 is 0 Å². The van der Waals surface area contributed by atoms with E-state index in [2.05, 4.69) is 54.7 Å². The minimum Gasteiger partial charge on any atom is -0.381 e. The molecule has 0 bridgehead atoms. The molecule has 0 spiro atoms. The van der Waals surface area contributed by atoms with Crippen LogP contribution in [-0.2, 0) is 0 Å². The van der Waals surface area contributed by atoms with Crippen LogP contribution in [0.3, 0.4) is 0 Å². The minimum absolute atomic E-state index is 0.310. The summed E-state index contributed by atoms with van der Waals surface area (Å²) in [4.78, 5) is 0. The van der Waals surface area contributed by atoms with Gasteiger partial charge in [-0.3, -0.25) is 0 Å². The second kappa shape index (κ2) is 4.25. The number of rotatable bonds is 1. The number of dihydropyridines is 1. The van der Waals surface area contributed by atoms with Crippen LogP contribution >= 0.6 is 0 Å². The minimum atomic E-state index is 0.310. The molecule has 1 aliphatic carbocycles. The monoisotopic (exact) mass is 223 g/mol. The molecule has 1 aromatic rings. The fourth-order valence-corrected chi connectivity index (χ4v) is 2.65. The normalized spacial score (nSPS) is 25.5. The number of allylic oxidation sites excluding steroid dienone is 3. The van der Waals surface area contributed by atoms with E-state index < -0.39 is 0 Å². The van der Waals surface area contributed by atoms with Gasteiger partial charge in [-0.05, 0) is 41.3 Å². The van der Waals surface area contributed by atoms with Crippen LogP contribution in [0.2, 0.25) is 0 Å². The van der Waals surface area contributed by atoms with Crippen molar-refractivity contribution in [3.63, 3.8) is 0 Å². The molecule has 0 saturated carbocycles. The zero-order chi connectivity index (χ0) is 11.7. The van der Waals surface area contributed by atoms with Crippen molar-refractivity contribution >= 4 is 6.08 Å². The Morgan fingerprint density at radius 3 is 2.88 bits per heavy atom. The van der Waals surface area contributed by atoms with E-state index in [0.717, 1.165) is 6.42 Å². The Morgan fingerprint density at radius 2 is 2.06 bits per heavy atom. The maximum atomic E-state index is 3.40. The molecular weight excluding hydrogens is 206 g/mol. The molecule has 2 aliphatic rings. The van der Waals surface area contributed by atoms with E-state index in [4.69, 9.17) is 0 Å². The van der Waals surface area contributed by atoms with Crippen LogP contribution in [0.4, 0.5) is 0 Å². The Kier molecular flexibility index (Phi) is 2.60. The molecule has 0 aromatic heterocycles. The van der Waals surface area contributed by atoms with Gasteiger partial charge in [0.1, 0.15) is 0 Å². The van der Waals surface area contributed by atoms with Crippen LogP contribution in [0.1, 0.15) is 42.0 Å². The summed E-state index contributed by atoms with van der Waals surface area (Å²) in [5.41, 5.74) is 4.27. The molecule has 3 rings (SSSR count). The van der Waals surface area contributed by atoms with Gasteiger partial charge in [-0.1, -0.05) is 49.4 Å². The highest BCUT2D eigenvalue weighted by atomic mass is 14.9. The number of benzene rings is 1. The standard InChI is InChI=1S/C16H17N/c1-12-6-4-8-14-13(12)7-5-9-15(14)16-10-2-3-11-17-16/h2-5,7-12,16-17H,6H2,1H3. The molecule has 1 nitrogen and oxygen atoms in total. The van der Waals surface area contributed by atoms with Crippen molar-refractivity contribution in [2.45, 2.75) is 25.3 Å². The summed E-state index contributed by atoms with van der Waals surface area (Å²) in [5, 5.41) is 3.40. The first-order chi connectivity index (χ1) is 8.36. The third-order valence-electron chi connectivity index (χ3n) is 3.60. The van der Waals surface area contributed by atoms with Gasteiger partial charge in [0.25, 0.3) is 0 Å². The molecule has 0 amide bonds. The van der Waals surface area contributed by atoms with Gasteiger partial charge in [0.05, 0.1) is 6.04 Å². The molecule has 1 aliphatic heterocycles. The Hall–Kier alpha value is -1.76. The van der Waals surface area contributed by atoms with Gasteiger partial charge in [0, 0.05) is 0 Å². The van der Waals surface area contributed by atoms with Gasteiger partial charge < -0.3 is 5.32 Å². The fourth-order valence-electron chi connectivity index (χ4n) is 2.65. The lowest BCUT2D eigenvalue weighted by Crippen LogP contribution is -2.17. The molecule has 2 unspecified atom stereocenters. The van der Waals surface area contributed by atoms with Crippen LogP contribution < -0.4 is 5.32 Å². The molecule has 2 atom stereocenters. The van der Waals surface area contributed by atoms with Gasteiger partial charge >= 0.3 is 0 Å². The van der Waals surface area contributed by atoms with E-state index in [1.807, 2.05) is 12.3 Å². The molecular formula is C16H17N. The highest BCUT2D eigenvalue weighted by Crippen LogP contribution is 2.34. The van der Waals surface area contributed by atoms with Crippen molar-refractivity contribution in [2.75, 3.05) is 0 Å². The Labute approximate surface area is 103 Å². The molecule has 17 heavy (non-hydrogen) atoms. The molecule has 1 aromatic carbocycles. The Morgan fingerprint density at radius 1 is 1.18 bits per heavy atom. The van der Waals surface area contributed by atoms with Crippen LogP contribution in [0.5, 0.6) is 0 Å². The van der Waals surface area contributed by atoms with Gasteiger partial charge in [-0.2, -0.15) is 0 Å². The molecule has 0 fully saturated rings. The van der Waals surface area contributed by atoms with Gasteiger partial charge in [-0.15, -0.1) is 0 Å². The molecule has 0 radical (unpaired) electrons. The van der Waals surface area contributed by atoms with Gasteiger partial charge in [0.15, 0.2) is 0 Å². The third kappa shape index (κ3) is 1.82. The average molecular weight is 223 g/mol. The van der Waals surface area contributed by atoms with Crippen molar-refractivity contribution in [1.29, 1.82) is 0 Å². The highest BCUT2D eigenvalue weighted by Gasteiger charge is 2.18. The first-order valence-corrected chi connectivity index (χ1v) is 6.25. The second-order valence-corrected chi connectivity index (χ2v) is 4.78. The molecule has 86 valence electrons. The van der Waals surface area contributed by atoms with Crippen LogP contribution in [0.25, 0.3) is 6.08 Å². The quantitative estimate of drug-likeness (QED) is 0.761. The summed E-state index contributed by atoms with van der Waals surface area (Å²) in [6.45, 7) is 2.30. The van der Waals surface area contributed by atoms with E-state index in [0.29, 0.717) is 12.0 Å². The first kappa shape index (κ1) is 10.4. The van der Waals surface area contributed by atoms with Crippen LogP contribution in [0, 0.1) is 0 Å². The fraction of sp³-hybridized carbons (Fsp3) is 0.250. The third-order valence-corrected chi connectivity index (χ3v) is 3.60. The van der Waals surface area contributed by atoms with E-state index in [-0.39, 0.29) is 0 Å². The van der Waals surface area contributed by atoms with E-state index in [9.17, 15) is 0 Å². The summed E-state index contributed by atoms with van der Waals surface area (Å²) in [5.74, 6) is 0.637. The second-order valence-electron chi connectivity index (χ2n) is 4.78. The van der Waals surface area contributed by atoms with E-state index in [1.165, 1.54) is 16.7 Å². The summed E-state index contributed by atoms with van der Waals surface area (Å²) >= 11 is 0. The average Bonchev–Trinajstić information content (AvgIpc) is 2.40. The Balaban J connectivity index is 2.07. The molecule has 1 heterocycles. The van der Waals surface area contributed by atoms with Crippen molar-refractivity contribution in [3.05, 3.63) is 65.4 Å². The topological polar surface area (TPSA) is 12.0 Å². The number of hydrogen-bond donors (Lipinski definition) is 1. The van der Waals surface area contributed by atoms with Crippen molar-refractivity contribution < 1.29 is 0 Å². The number of fused-ring (bicyclic) bond motifs is 1. The summed E-state index contributed by atoms with van der Waals surface area (Å²) in [6.07, 6.45) is 14.1. The Bertz CT molecular complexity index is 508. The van der Waals surface area contributed by atoms with E-state index in [1.54, 1.807) is 0 Å². The van der Waals surface area contributed by atoms with Crippen LogP contribution in [0.15, 0.2) is 48.7 Å². The zero-order valence-electron chi connectivity index (χ0n) is 10.1. The SMILES string of the molecule is CC1CC=Cc2c1cccc2C1C=CC=CN1. The lowest BCUT2D eigenvalue weighted by atomic mass is 9.84. The summed E-state index contributed by atoms with van der Waals surface area (Å²) < 4.78 is 0. The highest BCUT2D eigenvalue weighted by molar-refractivity contribution is 5.62. The number of nitrogens with one attached hydrogen (secondary N) is 1. The van der Waals surface area contributed by atoms with Gasteiger partial charge in [-0.25, -0.2) is 0 Å². The maximum Gasteiger partial charge on any atom is 0.0701 e. The maximum absolute atomic E-state index is 3.40.